The molecule has 0 amide bonds. The van der Waals surface area contributed by atoms with Gasteiger partial charge in [0.1, 0.15) is 0 Å². The lowest BCUT2D eigenvalue weighted by molar-refractivity contribution is 0.299. The maximum absolute atomic E-state index is 11.3. The summed E-state index contributed by atoms with van der Waals surface area (Å²) >= 11 is 0. The molecule has 0 saturated carbocycles. The summed E-state index contributed by atoms with van der Waals surface area (Å²) in [6.45, 7) is 7.69. The van der Waals surface area contributed by atoms with E-state index in [0.29, 0.717) is 0 Å². The first-order valence-corrected chi connectivity index (χ1v) is 5.52. The Morgan fingerprint density at radius 1 is 1.00 bits per heavy atom. The Hall–Kier alpha value is 0.690. The molecule has 0 aromatic heterocycles. The molecule has 0 rings (SSSR count). The Kier molecular flexibility index (Phi) is 10.5. The number of nitrogens with two attached hydrogens (primary N) is 2. The predicted octanol–water partition coefficient (Wildman–Crippen LogP) is 1.97. The zero-order valence-electron chi connectivity index (χ0n) is 8.43. The smallest absolute Gasteiger partial charge is 0.271 e. The minimum absolute atomic E-state index is 0. The third kappa shape index (κ3) is 6.72. The van der Waals surface area contributed by atoms with E-state index in [2.05, 4.69) is 0 Å². The number of nitrogens with zero attached hydrogens (tertiary/aromatic N) is 1. The van der Waals surface area contributed by atoms with E-state index in [-0.39, 0.29) is 36.9 Å². The molecule has 7 heteroatoms. The van der Waals surface area contributed by atoms with E-state index >= 15 is 0 Å². The summed E-state index contributed by atoms with van der Waals surface area (Å²) in [5, 5.41) is 0. The van der Waals surface area contributed by atoms with Crippen LogP contribution in [-0.2, 0) is 4.57 Å². The van der Waals surface area contributed by atoms with Crippen LogP contribution in [0.2, 0.25) is 0 Å². The van der Waals surface area contributed by atoms with Crippen LogP contribution in [-0.4, -0.2) is 16.8 Å². The molecule has 0 aliphatic heterocycles. The summed E-state index contributed by atoms with van der Waals surface area (Å²) in [6.07, 6.45) is 0. The first kappa shape index (κ1) is 19.3. The van der Waals surface area contributed by atoms with Gasteiger partial charge in [0.25, 0.3) is 7.59 Å². The summed E-state index contributed by atoms with van der Waals surface area (Å²) in [4.78, 5) is 0. The molecule has 0 aromatic rings. The second kappa shape index (κ2) is 7.04. The van der Waals surface area contributed by atoms with Crippen molar-refractivity contribution in [2.45, 2.75) is 39.8 Å². The SMILES string of the molecule is CC(C)N(C(C)C)P(N)(N)=O.Cl.Cl. The van der Waals surface area contributed by atoms with Gasteiger partial charge in [-0.25, -0.2) is 4.67 Å². The number of hydrogen-bond donors (Lipinski definition) is 2. The van der Waals surface area contributed by atoms with Gasteiger partial charge in [-0.05, 0) is 27.7 Å². The van der Waals surface area contributed by atoms with Crippen molar-refractivity contribution in [3.8, 4) is 0 Å². The molecule has 0 spiro atoms. The van der Waals surface area contributed by atoms with Crippen molar-refractivity contribution >= 4 is 32.4 Å². The van der Waals surface area contributed by atoms with Gasteiger partial charge in [0.15, 0.2) is 0 Å². The van der Waals surface area contributed by atoms with Crippen LogP contribution in [0.3, 0.4) is 0 Å². The molecule has 0 aromatic carbocycles. The molecular weight excluding hydrogens is 232 g/mol. The molecule has 0 unspecified atom stereocenters. The van der Waals surface area contributed by atoms with Gasteiger partial charge >= 0.3 is 0 Å². The van der Waals surface area contributed by atoms with E-state index in [9.17, 15) is 4.57 Å². The molecule has 4 N–H and O–H groups in total. The van der Waals surface area contributed by atoms with Gasteiger partial charge in [0, 0.05) is 12.1 Å². The van der Waals surface area contributed by atoms with Crippen LogP contribution >= 0.6 is 32.4 Å². The summed E-state index contributed by atoms with van der Waals surface area (Å²) in [6, 6.07) is 0.242. The third-order valence-electron chi connectivity index (χ3n) is 1.42. The topological polar surface area (TPSA) is 72.3 Å². The third-order valence-corrected chi connectivity index (χ3v) is 3.06. The minimum Gasteiger partial charge on any atom is -0.271 e. The van der Waals surface area contributed by atoms with Gasteiger partial charge in [0.2, 0.25) is 0 Å². The van der Waals surface area contributed by atoms with E-state index in [0.717, 1.165) is 0 Å². The Morgan fingerprint density at radius 2 is 1.23 bits per heavy atom. The molecule has 0 fully saturated rings. The van der Waals surface area contributed by atoms with E-state index in [1.54, 1.807) is 4.67 Å². The molecule has 0 aliphatic carbocycles. The molecule has 0 saturated heterocycles. The monoisotopic (exact) mass is 251 g/mol. The van der Waals surface area contributed by atoms with Crippen molar-refractivity contribution < 1.29 is 4.57 Å². The molecule has 13 heavy (non-hydrogen) atoms. The van der Waals surface area contributed by atoms with Crippen LogP contribution in [0.1, 0.15) is 27.7 Å². The Morgan fingerprint density at radius 3 is 1.23 bits per heavy atom. The second-order valence-electron chi connectivity index (χ2n) is 3.24. The summed E-state index contributed by atoms with van der Waals surface area (Å²) in [7, 11) is -3.05. The first-order chi connectivity index (χ1) is 4.76. The van der Waals surface area contributed by atoms with Gasteiger partial charge in [-0.15, -0.1) is 24.8 Å². The lowest BCUT2D eigenvalue weighted by Crippen LogP contribution is -2.39. The van der Waals surface area contributed by atoms with Gasteiger partial charge in [-0.2, -0.15) is 0 Å². The highest BCUT2D eigenvalue weighted by molar-refractivity contribution is 7.56. The average Bonchev–Trinajstić information content (AvgIpc) is 1.54. The standard InChI is InChI=1S/C6H18N3OP.2ClH/c1-5(2)9(6(3)4)11(7,8)10;;/h5-6H,1-4H3,(H4,7,8,10);2*1H. The molecule has 0 radical (unpaired) electrons. The normalized spacial score (nSPS) is 11.5. The number of rotatable bonds is 3. The predicted molar refractivity (Wildman–Crippen MR) is 62.6 cm³/mol. The highest BCUT2D eigenvalue weighted by atomic mass is 35.5. The van der Waals surface area contributed by atoms with E-state index in [1.165, 1.54) is 0 Å². The first-order valence-electron chi connectivity index (χ1n) is 3.72. The Bertz CT molecular complexity index is 163. The minimum atomic E-state index is -3.05. The molecule has 0 aliphatic rings. The summed E-state index contributed by atoms with van der Waals surface area (Å²) < 4.78 is 12.9. The van der Waals surface area contributed by atoms with Crippen LogP contribution in [0.15, 0.2) is 0 Å². The lowest BCUT2D eigenvalue weighted by Gasteiger charge is -2.32. The molecule has 0 atom stereocenters. The van der Waals surface area contributed by atoms with Crippen molar-refractivity contribution in [2.75, 3.05) is 0 Å². The Labute approximate surface area is 92.8 Å². The van der Waals surface area contributed by atoms with Gasteiger partial charge < -0.3 is 0 Å². The maximum Gasteiger partial charge on any atom is 0.276 e. The van der Waals surface area contributed by atoms with E-state index in [1.807, 2.05) is 27.7 Å². The van der Waals surface area contributed by atoms with E-state index < -0.39 is 7.59 Å². The van der Waals surface area contributed by atoms with Crippen LogP contribution in [0, 0.1) is 0 Å². The quantitative estimate of drug-likeness (QED) is 0.753. The fraction of sp³-hybridized carbons (Fsp3) is 1.00. The van der Waals surface area contributed by atoms with Crippen molar-refractivity contribution in [3.63, 3.8) is 0 Å². The molecule has 0 heterocycles. The number of hydrogen-bond acceptors (Lipinski definition) is 1. The largest absolute Gasteiger partial charge is 0.276 e. The fourth-order valence-electron chi connectivity index (χ4n) is 1.32. The maximum atomic E-state index is 11.3. The Balaban J connectivity index is -0.000000500. The zero-order valence-corrected chi connectivity index (χ0v) is 11.0. The van der Waals surface area contributed by atoms with Crippen LogP contribution < -0.4 is 11.0 Å². The van der Waals surface area contributed by atoms with Crippen LogP contribution in [0.5, 0.6) is 0 Å². The lowest BCUT2D eigenvalue weighted by atomic mass is 10.3. The molecule has 0 bridgehead atoms. The van der Waals surface area contributed by atoms with Crippen molar-refractivity contribution in [2.24, 2.45) is 11.0 Å². The van der Waals surface area contributed by atoms with Crippen molar-refractivity contribution in [1.29, 1.82) is 0 Å². The van der Waals surface area contributed by atoms with Gasteiger partial charge in [-0.1, -0.05) is 0 Å². The van der Waals surface area contributed by atoms with Crippen molar-refractivity contribution in [3.05, 3.63) is 0 Å². The molecular formula is C6H20Cl2N3OP. The molecule has 84 valence electrons. The summed E-state index contributed by atoms with van der Waals surface area (Å²) in [5.41, 5.74) is 10.7. The highest BCUT2D eigenvalue weighted by Crippen LogP contribution is 2.35. The number of halogens is 2. The van der Waals surface area contributed by atoms with E-state index in [4.69, 9.17) is 11.0 Å². The molecule has 4 nitrogen and oxygen atoms in total. The summed E-state index contributed by atoms with van der Waals surface area (Å²) in [5.74, 6) is 0. The second-order valence-corrected chi connectivity index (χ2v) is 5.05. The van der Waals surface area contributed by atoms with Crippen LogP contribution in [0.4, 0.5) is 0 Å². The zero-order chi connectivity index (χ0) is 9.23. The van der Waals surface area contributed by atoms with Gasteiger partial charge in [0.05, 0.1) is 0 Å². The average molecular weight is 252 g/mol. The highest BCUT2D eigenvalue weighted by Gasteiger charge is 2.26. The fourth-order valence-corrected chi connectivity index (χ4v) is 2.76. The van der Waals surface area contributed by atoms with Crippen molar-refractivity contribution in [1.82, 2.24) is 4.67 Å². The van der Waals surface area contributed by atoms with Gasteiger partial charge in [-0.3, -0.25) is 15.6 Å². The van der Waals surface area contributed by atoms with Crippen LogP contribution in [0.25, 0.3) is 0 Å².